The highest BCUT2D eigenvalue weighted by Crippen LogP contribution is 2.43. The average molecular weight is 966 g/mol. The molecule has 3 N–H and O–H groups in total. The summed E-state index contributed by atoms with van der Waals surface area (Å²) in [5.41, 5.74) is 5.38. The van der Waals surface area contributed by atoms with Gasteiger partial charge in [-0.05, 0) is 70.6 Å². The van der Waals surface area contributed by atoms with E-state index in [1.807, 2.05) is 0 Å². The quantitative estimate of drug-likeness (QED) is 0.0264. The van der Waals surface area contributed by atoms with Gasteiger partial charge in [0.1, 0.15) is 6.61 Å². The van der Waals surface area contributed by atoms with Crippen LogP contribution in [0.2, 0.25) is 0 Å². The summed E-state index contributed by atoms with van der Waals surface area (Å²) >= 11 is 0. The fourth-order valence-corrected chi connectivity index (χ4v) is 9.02. The lowest BCUT2D eigenvalue weighted by Gasteiger charge is -2.19. The molecule has 0 aromatic rings. The molecule has 0 aliphatic heterocycles. The maximum Gasteiger partial charge on any atom is 0.472 e. The molecule has 0 saturated carbocycles. The minimum Gasteiger partial charge on any atom is -0.462 e. The monoisotopic (exact) mass is 966 g/mol. The normalized spacial score (nSPS) is 13.3. The second-order valence-electron chi connectivity index (χ2n) is 19.2. The van der Waals surface area contributed by atoms with Crippen LogP contribution in [0.15, 0.2) is 36.5 Å². The largest absolute Gasteiger partial charge is 0.472 e. The van der Waals surface area contributed by atoms with E-state index in [4.69, 9.17) is 24.3 Å². The van der Waals surface area contributed by atoms with Crippen molar-refractivity contribution in [3.63, 3.8) is 0 Å². The number of ether oxygens (including phenoxy) is 2. The minimum atomic E-state index is -4.39. The first-order valence-electron chi connectivity index (χ1n) is 28.5. The van der Waals surface area contributed by atoms with Crippen LogP contribution in [0.5, 0.6) is 0 Å². The van der Waals surface area contributed by atoms with E-state index < -0.39 is 26.5 Å². The summed E-state index contributed by atoms with van der Waals surface area (Å²) in [5.74, 6) is -0.819. The maximum atomic E-state index is 12.7. The van der Waals surface area contributed by atoms with Gasteiger partial charge in [0.25, 0.3) is 0 Å². The molecule has 0 aliphatic rings. The van der Waals surface area contributed by atoms with Gasteiger partial charge >= 0.3 is 19.8 Å². The lowest BCUT2D eigenvalue weighted by atomic mass is 10.0. The van der Waals surface area contributed by atoms with E-state index in [2.05, 4.69) is 50.3 Å². The molecule has 0 aliphatic carbocycles. The Balaban J connectivity index is 3.97. The van der Waals surface area contributed by atoms with Crippen molar-refractivity contribution in [3.05, 3.63) is 36.5 Å². The lowest BCUT2D eigenvalue weighted by Crippen LogP contribution is -2.29. The van der Waals surface area contributed by atoms with E-state index in [9.17, 15) is 19.0 Å². The van der Waals surface area contributed by atoms with Crippen LogP contribution in [0, 0.1) is 0 Å². The van der Waals surface area contributed by atoms with Gasteiger partial charge in [-0.15, -0.1) is 0 Å². The molecule has 0 rings (SSSR count). The molecule has 67 heavy (non-hydrogen) atoms. The van der Waals surface area contributed by atoms with Crippen molar-refractivity contribution < 1.29 is 37.6 Å². The number of allylic oxidation sites excluding steroid dienone is 6. The van der Waals surface area contributed by atoms with E-state index in [1.165, 1.54) is 205 Å². The van der Waals surface area contributed by atoms with E-state index in [0.717, 1.165) is 44.9 Å². The summed E-state index contributed by atoms with van der Waals surface area (Å²) < 4.78 is 33.0. The second kappa shape index (κ2) is 53.6. The molecule has 0 fully saturated rings. The third-order valence-electron chi connectivity index (χ3n) is 12.5. The van der Waals surface area contributed by atoms with E-state index in [0.29, 0.717) is 6.42 Å². The number of carbonyl (C=O) groups is 2. The number of hydrogen-bond donors (Lipinski definition) is 2. The van der Waals surface area contributed by atoms with Gasteiger partial charge in [0.2, 0.25) is 0 Å². The molecule has 394 valence electrons. The zero-order chi connectivity index (χ0) is 48.8. The van der Waals surface area contributed by atoms with Crippen molar-refractivity contribution in [2.45, 2.75) is 290 Å². The Morgan fingerprint density at radius 2 is 0.776 bits per heavy atom. The van der Waals surface area contributed by atoms with Gasteiger partial charge in [0.15, 0.2) is 6.10 Å². The standard InChI is InChI=1S/C57H108NO8P/c1-3-5-7-9-11-13-15-17-19-21-23-25-26-27-28-30-32-34-36-38-40-42-44-46-48-50-57(60)66-55(54-65-67(61,62)64-52-51-58)53-63-56(59)49-47-45-43-41-39-37-35-33-31-29-24-22-20-18-16-14-12-10-8-6-4-2/h15,17,21-24,55H,3-14,16,18-20,25-54,58H2,1-2H3,(H,61,62)/b17-15-,23-21-,24-22-. The van der Waals surface area contributed by atoms with Gasteiger partial charge in [-0.2, -0.15) is 0 Å². The molecular weight excluding hydrogens is 858 g/mol. The molecule has 0 heterocycles. The number of unbranched alkanes of at least 4 members (excludes halogenated alkanes) is 35. The molecule has 9 nitrogen and oxygen atoms in total. The predicted molar refractivity (Wildman–Crippen MR) is 284 cm³/mol. The molecule has 0 bridgehead atoms. The van der Waals surface area contributed by atoms with Crippen LogP contribution >= 0.6 is 7.82 Å². The van der Waals surface area contributed by atoms with E-state index in [1.54, 1.807) is 0 Å². The SMILES string of the molecule is CCCCCCC/C=C\C/C=C\CCCCCCCCCCCCCCCC(=O)OC(COC(=O)CCCCCCCCCCC/C=C\CCCCCCCCCC)COP(=O)(O)OCCN. The first kappa shape index (κ1) is 65.2. The highest BCUT2D eigenvalue weighted by molar-refractivity contribution is 7.47. The summed E-state index contributed by atoms with van der Waals surface area (Å²) in [7, 11) is -4.39. The van der Waals surface area contributed by atoms with E-state index in [-0.39, 0.29) is 38.6 Å². The summed E-state index contributed by atoms with van der Waals surface area (Å²) in [4.78, 5) is 35.2. The van der Waals surface area contributed by atoms with Crippen molar-refractivity contribution in [2.75, 3.05) is 26.4 Å². The first-order valence-corrected chi connectivity index (χ1v) is 30.0. The van der Waals surface area contributed by atoms with Gasteiger partial charge < -0.3 is 20.1 Å². The fraction of sp³-hybridized carbons (Fsp3) is 0.860. The third-order valence-corrected chi connectivity index (χ3v) is 13.5. The van der Waals surface area contributed by atoms with Gasteiger partial charge in [-0.25, -0.2) is 4.57 Å². The van der Waals surface area contributed by atoms with Crippen LogP contribution in [-0.4, -0.2) is 49.3 Å². The zero-order valence-electron chi connectivity index (χ0n) is 43.9. The Hall–Kier alpha value is -1.77. The Labute approximate surface area is 414 Å². The Morgan fingerprint density at radius 3 is 1.15 bits per heavy atom. The molecule has 2 atom stereocenters. The Bertz CT molecular complexity index is 1190. The Morgan fingerprint density at radius 1 is 0.448 bits per heavy atom. The minimum absolute atomic E-state index is 0.0539. The van der Waals surface area contributed by atoms with Crippen LogP contribution in [0.1, 0.15) is 284 Å². The molecule has 0 aromatic heterocycles. The molecular formula is C57H108NO8P. The highest BCUT2D eigenvalue weighted by atomic mass is 31.2. The average Bonchev–Trinajstić information content (AvgIpc) is 3.32. The second-order valence-corrected chi connectivity index (χ2v) is 20.6. The molecule has 0 amide bonds. The lowest BCUT2D eigenvalue weighted by molar-refractivity contribution is -0.161. The van der Waals surface area contributed by atoms with Crippen LogP contribution < -0.4 is 5.73 Å². The van der Waals surface area contributed by atoms with Crippen molar-refractivity contribution in [3.8, 4) is 0 Å². The van der Waals surface area contributed by atoms with E-state index >= 15 is 0 Å². The number of carbonyl (C=O) groups excluding carboxylic acids is 2. The van der Waals surface area contributed by atoms with Gasteiger partial charge in [0, 0.05) is 19.4 Å². The van der Waals surface area contributed by atoms with Crippen LogP contribution in [-0.2, 0) is 32.7 Å². The number of rotatable bonds is 54. The van der Waals surface area contributed by atoms with Gasteiger partial charge in [-0.1, -0.05) is 237 Å². The zero-order valence-corrected chi connectivity index (χ0v) is 44.8. The number of esters is 2. The highest BCUT2D eigenvalue weighted by Gasteiger charge is 2.26. The Kier molecular flexibility index (Phi) is 52.2. The van der Waals surface area contributed by atoms with Crippen molar-refractivity contribution in [1.82, 2.24) is 0 Å². The van der Waals surface area contributed by atoms with Crippen LogP contribution in [0.4, 0.5) is 0 Å². The smallest absolute Gasteiger partial charge is 0.462 e. The molecule has 0 aromatic carbocycles. The summed E-state index contributed by atoms with van der Waals surface area (Å²) in [5, 5.41) is 0. The number of hydrogen-bond acceptors (Lipinski definition) is 8. The molecule has 2 unspecified atom stereocenters. The van der Waals surface area contributed by atoms with Crippen LogP contribution in [0.3, 0.4) is 0 Å². The number of phosphoric ester groups is 1. The van der Waals surface area contributed by atoms with Gasteiger partial charge in [0.05, 0.1) is 13.2 Å². The number of nitrogens with two attached hydrogens (primary N) is 1. The van der Waals surface area contributed by atoms with Gasteiger partial charge in [-0.3, -0.25) is 18.6 Å². The predicted octanol–water partition coefficient (Wildman–Crippen LogP) is 17.6. The maximum absolute atomic E-state index is 12.7. The first-order chi connectivity index (χ1) is 32.8. The molecule has 0 saturated heterocycles. The number of phosphoric acid groups is 1. The molecule has 10 heteroatoms. The molecule has 0 radical (unpaired) electrons. The summed E-state index contributed by atoms with van der Waals surface area (Å²) in [6, 6.07) is 0. The molecule has 0 spiro atoms. The third kappa shape index (κ3) is 53.4. The van der Waals surface area contributed by atoms with Crippen molar-refractivity contribution in [1.29, 1.82) is 0 Å². The summed E-state index contributed by atoms with van der Waals surface area (Å²) in [6.45, 7) is 3.77. The topological polar surface area (TPSA) is 134 Å². The fourth-order valence-electron chi connectivity index (χ4n) is 8.25. The summed E-state index contributed by atoms with van der Waals surface area (Å²) in [6.07, 6.45) is 63.3. The van der Waals surface area contributed by atoms with Crippen LogP contribution in [0.25, 0.3) is 0 Å². The van der Waals surface area contributed by atoms with Crippen molar-refractivity contribution >= 4 is 19.8 Å². The van der Waals surface area contributed by atoms with Crippen molar-refractivity contribution in [2.24, 2.45) is 5.73 Å².